The molecule has 0 saturated carbocycles. The predicted molar refractivity (Wildman–Crippen MR) is 88.3 cm³/mol. The van der Waals surface area contributed by atoms with Gasteiger partial charge in [0.1, 0.15) is 23.0 Å². The number of thiazole rings is 1. The molecular formula is C17H19FN2O3S. The van der Waals surface area contributed by atoms with E-state index in [-0.39, 0.29) is 11.9 Å². The van der Waals surface area contributed by atoms with Crippen LogP contribution in [-0.2, 0) is 16.1 Å². The summed E-state index contributed by atoms with van der Waals surface area (Å²) in [6.45, 7) is 1.23. The number of hydrogen-bond donors (Lipinski definition) is 1. The number of hydrogen-bond acceptors (Lipinski definition) is 5. The molecule has 1 aromatic heterocycles. The summed E-state index contributed by atoms with van der Waals surface area (Å²) in [7, 11) is 1.74. The van der Waals surface area contributed by atoms with Crippen molar-refractivity contribution in [2.45, 2.75) is 31.5 Å². The Balaban J connectivity index is 1.72. The zero-order valence-electron chi connectivity index (χ0n) is 13.3. The average Bonchev–Trinajstić information content (AvgIpc) is 3.20. The van der Waals surface area contributed by atoms with Crippen LogP contribution in [0.15, 0.2) is 30.5 Å². The van der Waals surface area contributed by atoms with Crippen LogP contribution in [0.2, 0.25) is 0 Å². The summed E-state index contributed by atoms with van der Waals surface area (Å²) in [5, 5.41) is 10.5. The lowest BCUT2D eigenvalue weighted by molar-refractivity contribution is -0.143. The maximum atomic E-state index is 13.1. The Hall–Kier alpha value is -1.83. The van der Waals surface area contributed by atoms with E-state index in [2.05, 4.69) is 4.98 Å². The van der Waals surface area contributed by atoms with Crippen LogP contribution in [0.4, 0.5) is 4.39 Å². The minimum atomic E-state index is -0.965. The number of nitrogens with zero attached hydrogens (tertiary/aromatic N) is 2. The number of benzene rings is 1. The summed E-state index contributed by atoms with van der Waals surface area (Å²) in [5.41, 5.74) is 0.551. The van der Waals surface area contributed by atoms with Gasteiger partial charge in [0, 0.05) is 24.2 Å². The fourth-order valence-electron chi connectivity index (χ4n) is 2.88. The van der Waals surface area contributed by atoms with Crippen molar-refractivity contribution in [3.05, 3.63) is 51.7 Å². The second kappa shape index (κ2) is 7.38. The highest BCUT2D eigenvalue weighted by Crippen LogP contribution is 2.32. The van der Waals surface area contributed by atoms with Crippen molar-refractivity contribution in [2.24, 2.45) is 0 Å². The van der Waals surface area contributed by atoms with Crippen molar-refractivity contribution >= 4 is 17.3 Å². The molecule has 2 aromatic rings. The normalized spacial score (nSPS) is 18.9. The molecule has 1 aliphatic heterocycles. The molecular weight excluding hydrogens is 331 g/mol. The van der Waals surface area contributed by atoms with Gasteiger partial charge in [-0.05, 0) is 37.6 Å². The molecule has 1 aliphatic rings. The number of aliphatic carboxylic acids is 1. The van der Waals surface area contributed by atoms with Crippen molar-refractivity contribution < 1.29 is 19.0 Å². The van der Waals surface area contributed by atoms with Gasteiger partial charge in [0.05, 0.1) is 0 Å². The van der Waals surface area contributed by atoms with Gasteiger partial charge >= 0.3 is 5.97 Å². The second-order valence-electron chi connectivity index (χ2n) is 5.87. The van der Waals surface area contributed by atoms with Gasteiger partial charge in [-0.3, -0.25) is 9.69 Å². The summed E-state index contributed by atoms with van der Waals surface area (Å²) in [6.07, 6.45) is 3.88. The summed E-state index contributed by atoms with van der Waals surface area (Å²) < 4.78 is 18.7. The van der Waals surface area contributed by atoms with Gasteiger partial charge in [0.2, 0.25) is 0 Å². The Morgan fingerprint density at radius 2 is 2.25 bits per heavy atom. The van der Waals surface area contributed by atoms with E-state index in [1.807, 2.05) is 0 Å². The lowest BCUT2D eigenvalue weighted by atomic mass is 10.1. The Morgan fingerprint density at radius 1 is 1.50 bits per heavy atom. The Morgan fingerprint density at radius 3 is 2.88 bits per heavy atom. The van der Waals surface area contributed by atoms with Crippen LogP contribution in [0.5, 0.6) is 0 Å². The number of carboxylic acid groups (broad SMARTS) is 1. The number of carbonyl (C=O) groups is 1. The first kappa shape index (κ1) is 17.0. The lowest BCUT2D eigenvalue weighted by Crippen LogP contribution is -2.30. The number of likely N-dealkylation sites (N-methyl/N-ethyl adjacent to an activating group) is 1. The quantitative estimate of drug-likeness (QED) is 0.865. The lowest BCUT2D eigenvalue weighted by Gasteiger charge is -2.24. The topological polar surface area (TPSA) is 62.7 Å². The first-order chi connectivity index (χ1) is 11.5. The van der Waals surface area contributed by atoms with Crippen LogP contribution in [0.3, 0.4) is 0 Å². The molecule has 1 aromatic carbocycles. The minimum absolute atomic E-state index is 0.0708. The van der Waals surface area contributed by atoms with E-state index in [0.29, 0.717) is 12.1 Å². The molecule has 0 amide bonds. The largest absolute Gasteiger partial charge is 0.480 e. The SMILES string of the molecule is CN(Cc1cnc(C2CCCO2)s1)C(C(=O)O)c1ccc(F)cc1. The van der Waals surface area contributed by atoms with Gasteiger partial charge < -0.3 is 9.84 Å². The molecule has 0 radical (unpaired) electrons. The summed E-state index contributed by atoms with van der Waals surface area (Å²) in [4.78, 5) is 18.8. The molecule has 2 atom stereocenters. The van der Waals surface area contributed by atoms with E-state index in [1.54, 1.807) is 29.5 Å². The summed E-state index contributed by atoms with van der Waals surface area (Å²) in [5.74, 6) is -1.35. The molecule has 1 N–H and O–H groups in total. The first-order valence-corrected chi connectivity index (χ1v) is 8.61. The third-order valence-corrected chi connectivity index (χ3v) is 5.12. The van der Waals surface area contributed by atoms with Crippen LogP contribution < -0.4 is 0 Å². The Labute approximate surface area is 143 Å². The van der Waals surface area contributed by atoms with E-state index in [9.17, 15) is 14.3 Å². The third kappa shape index (κ3) is 3.80. The summed E-state index contributed by atoms with van der Waals surface area (Å²) >= 11 is 1.55. The molecule has 0 aliphatic carbocycles. The van der Waals surface area contributed by atoms with Crippen LogP contribution in [0, 0.1) is 5.82 Å². The van der Waals surface area contributed by atoms with Gasteiger partial charge in [-0.25, -0.2) is 9.37 Å². The van der Waals surface area contributed by atoms with Gasteiger partial charge in [-0.15, -0.1) is 11.3 Å². The third-order valence-electron chi connectivity index (χ3n) is 4.04. The monoisotopic (exact) mass is 350 g/mol. The van der Waals surface area contributed by atoms with E-state index in [1.165, 1.54) is 24.3 Å². The van der Waals surface area contributed by atoms with Crippen molar-refractivity contribution in [3.63, 3.8) is 0 Å². The molecule has 24 heavy (non-hydrogen) atoms. The Bertz CT molecular complexity index is 698. The van der Waals surface area contributed by atoms with E-state index in [4.69, 9.17) is 4.74 Å². The fraction of sp³-hybridized carbons (Fsp3) is 0.412. The van der Waals surface area contributed by atoms with Crippen molar-refractivity contribution in [1.29, 1.82) is 0 Å². The molecule has 128 valence electrons. The zero-order valence-corrected chi connectivity index (χ0v) is 14.1. The van der Waals surface area contributed by atoms with E-state index < -0.39 is 12.0 Å². The smallest absolute Gasteiger partial charge is 0.325 e. The highest BCUT2D eigenvalue weighted by Gasteiger charge is 2.26. The molecule has 0 bridgehead atoms. The zero-order chi connectivity index (χ0) is 17.1. The first-order valence-electron chi connectivity index (χ1n) is 7.79. The minimum Gasteiger partial charge on any atom is -0.480 e. The van der Waals surface area contributed by atoms with Crippen LogP contribution in [0.1, 0.15) is 40.4 Å². The van der Waals surface area contributed by atoms with Crippen molar-refractivity contribution in [2.75, 3.05) is 13.7 Å². The fourth-order valence-corrected chi connectivity index (χ4v) is 3.95. The van der Waals surface area contributed by atoms with Gasteiger partial charge in [-0.2, -0.15) is 0 Å². The molecule has 2 unspecified atom stereocenters. The average molecular weight is 350 g/mol. The van der Waals surface area contributed by atoms with Crippen LogP contribution >= 0.6 is 11.3 Å². The predicted octanol–water partition coefficient (Wildman–Crippen LogP) is 3.39. The standard InChI is InChI=1S/C17H19FN2O3S/c1-20(15(17(21)22)11-4-6-12(18)7-5-11)10-13-9-19-16(24-13)14-3-2-8-23-14/h4-7,9,14-15H,2-3,8,10H2,1H3,(H,21,22). The molecule has 1 fully saturated rings. The molecule has 0 spiro atoms. The number of carboxylic acids is 1. The number of halogens is 1. The van der Waals surface area contributed by atoms with Crippen molar-refractivity contribution in [3.8, 4) is 0 Å². The van der Waals surface area contributed by atoms with Crippen LogP contribution in [0.25, 0.3) is 0 Å². The highest BCUT2D eigenvalue weighted by molar-refractivity contribution is 7.11. The van der Waals surface area contributed by atoms with E-state index in [0.717, 1.165) is 29.3 Å². The van der Waals surface area contributed by atoms with Crippen molar-refractivity contribution in [1.82, 2.24) is 9.88 Å². The van der Waals surface area contributed by atoms with Gasteiger partial charge in [0.25, 0.3) is 0 Å². The molecule has 7 heteroatoms. The molecule has 2 heterocycles. The van der Waals surface area contributed by atoms with Gasteiger partial charge in [-0.1, -0.05) is 12.1 Å². The summed E-state index contributed by atoms with van der Waals surface area (Å²) in [6, 6.07) is 4.74. The van der Waals surface area contributed by atoms with Crippen LogP contribution in [-0.4, -0.2) is 34.6 Å². The second-order valence-corrected chi connectivity index (χ2v) is 7.02. The van der Waals surface area contributed by atoms with E-state index >= 15 is 0 Å². The number of aromatic nitrogens is 1. The van der Waals surface area contributed by atoms with Gasteiger partial charge in [0.15, 0.2) is 0 Å². The maximum Gasteiger partial charge on any atom is 0.325 e. The molecule has 5 nitrogen and oxygen atoms in total. The number of rotatable bonds is 6. The maximum absolute atomic E-state index is 13.1. The molecule has 3 rings (SSSR count). The molecule has 1 saturated heterocycles. The number of ether oxygens (including phenoxy) is 1. The Kier molecular flexibility index (Phi) is 5.23. The highest BCUT2D eigenvalue weighted by atomic mass is 32.1.